The number of benzene rings is 1. The van der Waals surface area contributed by atoms with Crippen molar-refractivity contribution < 1.29 is 13.2 Å². The molecule has 1 amide bonds. The van der Waals surface area contributed by atoms with Gasteiger partial charge in [-0.05, 0) is 43.4 Å². The normalized spacial score (nSPS) is 28.2. The van der Waals surface area contributed by atoms with Crippen LogP contribution < -0.4 is 4.90 Å². The molecule has 3 fully saturated rings. The van der Waals surface area contributed by atoms with E-state index in [1.165, 1.54) is 37.4 Å². The molecular formula is C21H28N2O3S2. The first kappa shape index (κ1) is 20.0. The lowest BCUT2D eigenvalue weighted by Gasteiger charge is -2.26. The average Bonchev–Trinajstić information content (AvgIpc) is 3.30. The first-order chi connectivity index (χ1) is 13.3. The van der Waals surface area contributed by atoms with Gasteiger partial charge in [0.1, 0.15) is 0 Å². The molecule has 1 aromatic carbocycles. The number of fused-ring (bicyclic) bond motifs is 1. The summed E-state index contributed by atoms with van der Waals surface area (Å²) >= 11 is 1.46. The van der Waals surface area contributed by atoms with Gasteiger partial charge in [0.15, 0.2) is 15.0 Å². The topological polar surface area (TPSA) is 66.8 Å². The van der Waals surface area contributed by atoms with Gasteiger partial charge in [0.25, 0.3) is 0 Å². The van der Waals surface area contributed by atoms with E-state index in [2.05, 4.69) is 17.1 Å². The van der Waals surface area contributed by atoms with Gasteiger partial charge in [-0.2, -0.15) is 4.99 Å². The lowest BCUT2D eigenvalue weighted by molar-refractivity contribution is -0.118. The van der Waals surface area contributed by atoms with Gasteiger partial charge in [-0.15, -0.1) is 0 Å². The van der Waals surface area contributed by atoms with Crippen molar-refractivity contribution in [2.24, 2.45) is 10.9 Å². The Balaban J connectivity index is 1.60. The van der Waals surface area contributed by atoms with Crippen molar-refractivity contribution in [3.05, 3.63) is 29.3 Å². The van der Waals surface area contributed by atoms with Gasteiger partial charge in [0, 0.05) is 17.4 Å². The largest absolute Gasteiger partial charge is 0.315 e. The lowest BCUT2D eigenvalue weighted by Crippen LogP contribution is -2.38. The number of sulfone groups is 1. The van der Waals surface area contributed by atoms with E-state index in [0.717, 1.165) is 23.2 Å². The minimum absolute atomic E-state index is 0.0497. The van der Waals surface area contributed by atoms with Crippen molar-refractivity contribution in [3.8, 4) is 0 Å². The maximum atomic E-state index is 12.6. The fourth-order valence-electron chi connectivity index (χ4n) is 4.61. The second kappa shape index (κ2) is 7.82. The van der Waals surface area contributed by atoms with E-state index in [1.54, 1.807) is 0 Å². The molecule has 2 saturated heterocycles. The molecule has 0 N–H and O–H groups in total. The molecule has 152 valence electrons. The Kier molecular flexibility index (Phi) is 5.58. The Morgan fingerprint density at radius 3 is 2.71 bits per heavy atom. The Morgan fingerprint density at radius 1 is 1.21 bits per heavy atom. The van der Waals surface area contributed by atoms with Gasteiger partial charge >= 0.3 is 0 Å². The molecule has 1 saturated carbocycles. The number of rotatable bonds is 4. The van der Waals surface area contributed by atoms with Crippen LogP contribution in [0.25, 0.3) is 0 Å². The summed E-state index contributed by atoms with van der Waals surface area (Å²) in [7, 11) is -3.05. The van der Waals surface area contributed by atoms with Crippen molar-refractivity contribution in [2.45, 2.75) is 63.7 Å². The van der Waals surface area contributed by atoms with E-state index >= 15 is 0 Å². The fraction of sp³-hybridized carbons (Fsp3) is 0.619. The van der Waals surface area contributed by atoms with Crippen LogP contribution in [0, 0.1) is 19.8 Å². The number of nitrogens with zero attached hydrogens (tertiary/aromatic N) is 2. The highest BCUT2D eigenvalue weighted by atomic mass is 32.2. The predicted molar refractivity (Wildman–Crippen MR) is 116 cm³/mol. The Morgan fingerprint density at radius 2 is 1.96 bits per heavy atom. The van der Waals surface area contributed by atoms with E-state index in [9.17, 15) is 13.2 Å². The van der Waals surface area contributed by atoms with Gasteiger partial charge in [-0.25, -0.2) is 8.42 Å². The summed E-state index contributed by atoms with van der Waals surface area (Å²) in [5.74, 6) is 0.888. The minimum atomic E-state index is -3.05. The van der Waals surface area contributed by atoms with Crippen LogP contribution in [0.15, 0.2) is 23.2 Å². The van der Waals surface area contributed by atoms with E-state index in [4.69, 9.17) is 0 Å². The summed E-state index contributed by atoms with van der Waals surface area (Å²) in [4.78, 5) is 19.1. The summed E-state index contributed by atoms with van der Waals surface area (Å²) in [6.07, 6.45) is 6.43. The van der Waals surface area contributed by atoms with Crippen LogP contribution in [0.3, 0.4) is 0 Å². The molecule has 0 aromatic heterocycles. The number of aryl methyl sites for hydroxylation is 2. The van der Waals surface area contributed by atoms with Crippen LogP contribution in [0.2, 0.25) is 0 Å². The SMILES string of the molecule is Cc1ccc(C)c(N2C(=NC(=O)CCC3CCCC3)S[C@@H]3CS(=O)(=O)C[C@H]32)c1. The molecule has 0 radical (unpaired) electrons. The number of hydrogen-bond donors (Lipinski definition) is 0. The van der Waals surface area contributed by atoms with Gasteiger partial charge in [0.05, 0.1) is 17.5 Å². The number of carbonyl (C=O) groups is 1. The molecule has 5 nitrogen and oxygen atoms in total. The van der Waals surface area contributed by atoms with Crippen LogP contribution in [-0.2, 0) is 14.6 Å². The Bertz CT molecular complexity index is 904. The summed E-state index contributed by atoms with van der Waals surface area (Å²) in [6, 6.07) is 6.03. The molecule has 4 rings (SSSR count). The van der Waals surface area contributed by atoms with Crippen LogP contribution in [0.4, 0.5) is 5.69 Å². The van der Waals surface area contributed by atoms with Crippen LogP contribution in [0.1, 0.15) is 49.7 Å². The maximum absolute atomic E-state index is 12.6. The van der Waals surface area contributed by atoms with Crippen molar-refractivity contribution in [1.29, 1.82) is 0 Å². The summed E-state index contributed by atoms with van der Waals surface area (Å²) in [6.45, 7) is 4.05. The number of amides is 1. The number of thioether (sulfide) groups is 1. The van der Waals surface area contributed by atoms with E-state index in [1.807, 2.05) is 24.8 Å². The van der Waals surface area contributed by atoms with E-state index in [0.29, 0.717) is 17.5 Å². The summed E-state index contributed by atoms with van der Waals surface area (Å²) in [5.41, 5.74) is 3.16. The van der Waals surface area contributed by atoms with Crippen molar-refractivity contribution in [1.82, 2.24) is 0 Å². The van der Waals surface area contributed by atoms with E-state index in [-0.39, 0.29) is 28.7 Å². The molecule has 1 aliphatic carbocycles. The standard InChI is InChI=1S/C21H28N2O3S2/c1-14-7-8-15(2)17(11-14)23-18-12-28(25,26)13-19(18)27-21(23)22-20(24)10-9-16-5-3-4-6-16/h7-8,11,16,18-19H,3-6,9-10,12-13H2,1-2H3/t18-,19-/m1/s1. The third-order valence-corrected chi connectivity index (χ3v) is 9.36. The monoisotopic (exact) mass is 420 g/mol. The number of carbonyl (C=O) groups excluding carboxylic acids is 1. The van der Waals surface area contributed by atoms with Crippen LogP contribution in [-0.4, -0.2) is 42.3 Å². The summed E-state index contributed by atoms with van der Waals surface area (Å²) < 4.78 is 24.4. The van der Waals surface area contributed by atoms with Gasteiger partial charge in [-0.1, -0.05) is 49.6 Å². The quantitative estimate of drug-likeness (QED) is 0.740. The maximum Gasteiger partial charge on any atom is 0.248 e. The van der Waals surface area contributed by atoms with Crippen LogP contribution in [0.5, 0.6) is 0 Å². The molecular weight excluding hydrogens is 392 g/mol. The summed E-state index contributed by atoms with van der Waals surface area (Å²) in [5, 5.41) is 0.626. The molecule has 7 heteroatoms. The Hall–Kier alpha value is -1.34. The number of amidine groups is 1. The minimum Gasteiger partial charge on any atom is -0.315 e. The van der Waals surface area contributed by atoms with Crippen molar-refractivity contribution >= 4 is 38.4 Å². The van der Waals surface area contributed by atoms with E-state index < -0.39 is 9.84 Å². The van der Waals surface area contributed by atoms with Crippen LogP contribution >= 0.6 is 11.8 Å². The molecule has 2 atom stereocenters. The van der Waals surface area contributed by atoms with Crippen molar-refractivity contribution in [3.63, 3.8) is 0 Å². The molecule has 3 aliphatic rings. The number of anilines is 1. The third kappa shape index (κ3) is 4.15. The highest BCUT2D eigenvalue weighted by Crippen LogP contribution is 2.42. The number of aliphatic imine (C=N–C) groups is 1. The molecule has 2 heterocycles. The smallest absolute Gasteiger partial charge is 0.248 e. The first-order valence-corrected chi connectivity index (χ1v) is 12.9. The van der Waals surface area contributed by atoms with Crippen molar-refractivity contribution in [2.75, 3.05) is 16.4 Å². The van der Waals surface area contributed by atoms with Gasteiger partial charge in [0.2, 0.25) is 5.91 Å². The molecule has 1 aromatic rings. The zero-order chi connectivity index (χ0) is 19.9. The number of hydrogen-bond acceptors (Lipinski definition) is 4. The molecule has 0 bridgehead atoms. The second-order valence-electron chi connectivity index (χ2n) is 8.44. The first-order valence-electron chi connectivity index (χ1n) is 10.2. The highest BCUT2D eigenvalue weighted by Gasteiger charge is 2.49. The Labute approximate surface area is 171 Å². The van der Waals surface area contributed by atoms with Gasteiger partial charge < -0.3 is 4.90 Å². The molecule has 0 spiro atoms. The molecule has 0 unspecified atom stereocenters. The fourth-order valence-corrected chi connectivity index (χ4v) is 8.54. The predicted octanol–water partition coefficient (Wildman–Crippen LogP) is 3.88. The average molecular weight is 421 g/mol. The third-order valence-electron chi connectivity index (χ3n) is 6.15. The van der Waals surface area contributed by atoms with Gasteiger partial charge in [-0.3, -0.25) is 4.79 Å². The molecule has 2 aliphatic heterocycles. The highest BCUT2D eigenvalue weighted by molar-refractivity contribution is 8.16. The molecule has 28 heavy (non-hydrogen) atoms. The lowest BCUT2D eigenvalue weighted by atomic mass is 10.0. The zero-order valence-corrected chi connectivity index (χ0v) is 18.2. The second-order valence-corrected chi connectivity index (χ2v) is 11.8. The zero-order valence-electron chi connectivity index (χ0n) is 16.6.